The number of fused-ring (bicyclic) bond motifs is 4. The number of hydrogen-bond acceptors (Lipinski definition) is 0. The molecule has 1 atom stereocenters. The molecule has 0 saturated carbocycles. The molecule has 1 aliphatic carbocycles. The molecule has 0 aliphatic heterocycles. The van der Waals surface area contributed by atoms with E-state index in [-0.39, 0.29) is 0 Å². The lowest BCUT2D eigenvalue weighted by Crippen LogP contribution is -2.10. The van der Waals surface area contributed by atoms with E-state index >= 15 is 0 Å². The summed E-state index contributed by atoms with van der Waals surface area (Å²) < 4.78 is 0. The molecular formula is C31H29N. The standard InChI is InChI=1S/C31H29N/c1-3-22(18-21-13-14-23-15-16-24(23)19-21)25-8-4-5-10-27(25)30-20(2)12-17-28-26-9-6-7-11-29(26)32-31(28)30/h4-14,17,19,22,32H,3,15-16,18H2,1-2H3. The van der Waals surface area contributed by atoms with Crippen LogP contribution >= 0.6 is 0 Å². The Hall–Kier alpha value is -3.32. The van der Waals surface area contributed by atoms with Crippen molar-refractivity contribution < 1.29 is 0 Å². The Morgan fingerprint density at radius 1 is 0.812 bits per heavy atom. The second-order valence-electron chi connectivity index (χ2n) is 9.35. The molecule has 1 aromatic heterocycles. The normalized spacial score (nSPS) is 13.8. The van der Waals surface area contributed by atoms with E-state index in [2.05, 4.69) is 97.7 Å². The number of rotatable bonds is 5. The Bertz CT molecular complexity index is 1450. The fourth-order valence-corrected chi connectivity index (χ4v) is 5.58. The van der Waals surface area contributed by atoms with Crippen molar-refractivity contribution >= 4 is 21.8 Å². The van der Waals surface area contributed by atoms with Crippen LogP contribution in [0.3, 0.4) is 0 Å². The number of para-hydroxylation sites is 1. The monoisotopic (exact) mass is 415 g/mol. The van der Waals surface area contributed by atoms with Crippen LogP contribution in [0.2, 0.25) is 0 Å². The topological polar surface area (TPSA) is 15.8 Å². The van der Waals surface area contributed by atoms with E-state index in [1.54, 1.807) is 11.1 Å². The molecule has 1 heteroatoms. The third-order valence-corrected chi connectivity index (χ3v) is 7.47. The first-order valence-corrected chi connectivity index (χ1v) is 11.9. The number of hydrogen-bond donors (Lipinski definition) is 1. The molecule has 0 saturated heterocycles. The lowest BCUT2D eigenvalue weighted by Gasteiger charge is -2.23. The molecule has 6 rings (SSSR count). The van der Waals surface area contributed by atoms with Gasteiger partial charge in [-0.05, 0) is 78.0 Å². The van der Waals surface area contributed by atoms with Gasteiger partial charge >= 0.3 is 0 Å². The number of aromatic nitrogens is 1. The molecule has 32 heavy (non-hydrogen) atoms. The minimum absolute atomic E-state index is 0.503. The van der Waals surface area contributed by atoms with Gasteiger partial charge in [0, 0.05) is 21.9 Å². The lowest BCUT2D eigenvalue weighted by molar-refractivity contribution is 0.659. The van der Waals surface area contributed by atoms with Gasteiger partial charge < -0.3 is 4.98 Å². The molecule has 0 amide bonds. The Labute approximate surface area is 190 Å². The Balaban J connectivity index is 1.49. The van der Waals surface area contributed by atoms with Crippen LogP contribution < -0.4 is 0 Å². The lowest BCUT2D eigenvalue weighted by atomic mass is 9.81. The van der Waals surface area contributed by atoms with Gasteiger partial charge in [0.05, 0.1) is 5.52 Å². The molecule has 4 aromatic carbocycles. The molecule has 5 aromatic rings. The number of aromatic amines is 1. The molecule has 0 radical (unpaired) electrons. The van der Waals surface area contributed by atoms with Crippen molar-refractivity contribution in [1.29, 1.82) is 0 Å². The average molecular weight is 416 g/mol. The summed E-state index contributed by atoms with van der Waals surface area (Å²) in [7, 11) is 0. The molecule has 1 nitrogen and oxygen atoms in total. The SMILES string of the molecule is CCC(Cc1ccc2c(c1)CC2)c1ccccc1-c1c(C)ccc2c1[nH]c1ccccc12. The minimum atomic E-state index is 0.503. The van der Waals surface area contributed by atoms with Gasteiger partial charge in [0.25, 0.3) is 0 Å². The molecule has 0 spiro atoms. The zero-order valence-corrected chi connectivity index (χ0v) is 18.9. The summed E-state index contributed by atoms with van der Waals surface area (Å²) >= 11 is 0. The summed E-state index contributed by atoms with van der Waals surface area (Å²) in [6.07, 6.45) is 4.74. The van der Waals surface area contributed by atoms with E-state index < -0.39 is 0 Å². The molecule has 1 N–H and O–H groups in total. The van der Waals surface area contributed by atoms with Gasteiger partial charge in [0.1, 0.15) is 0 Å². The first kappa shape index (κ1) is 19.4. The zero-order valence-electron chi connectivity index (χ0n) is 18.9. The van der Waals surface area contributed by atoms with Crippen molar-refractivity contribution in [3.05, 3.63) is 107 Å². The van der Waals surface area contributed by atoms with Crippen molar-refractivity contribution in [1.82, 2.24) is 4.98 Å². The van der Waals surface area contributed by atoms with Crippen LogP contribution in [-0.2, 0) is 19.3 Å². The van der Waals surface area contributed by atoms with Crippen LogP contribution in [0.4, 0.5) is 0 Å². The van der Waals surface area contributed by atoms with Crippen LogP contribution in [0.1, 0.15) is 47.1 Å². The maximum Gasteiger partial charge on any atom is 0.0547 e. The van der Waals surface area contributed by atoms with Gasteiger partial charge in [-0.3, -0.25) is 0 Å². The molecule has 0 fully saturated rings. The van der Waals surface area contributed by atoms with E-state index in [1.807, 2.05) is 0 Å². The number of nitrogens with one attached hydrogen (secondary N) is 1. The predicted octanol–water partition coefficient (Wildman–Crippen LogP) is 8.13. The van der Waals surface area contributed by atoms with Gasteiger partial charge in [-0.2, -0.15) is 0 Å². The summed E-state index contributed by atoms with van der Waals surface area (Å²) in [5.74, 6) is 0.503. The molecule has 1 unspecified atom stereocenters. The fourth-order valence-electron chi connectivity index (χ4n) is 5.58. The largest absolute Gasteiger partial charge is 0.354 e. The Morgan fingerprint density at radius 2 is 1.62 bits per heavy atom. The molecular weight excluding hydrogens is 386 g/mol. The maximum atomic E-state index is 3.74. The first-order chi connectivity index (χ1) is 15.7. The van der Waals surface area contributed by atoms with Crippen LogP contribution in [0.25, 0.3) is 32.9 Å². The number of benzene rings is 4. The van der Waals surface area contributed by atoms with Gasteiger partial charge in [-0.15, -0.1) is 0 Å². The van der Waals surface area contributed by atoms with Crippen LogP contribution in [0.5, 0.6) is 0 Å². The summed E-state index contributed by atoms with van der Waals surface area (Å²) in [4.78, 5) is 3.74. The minimum Gasteiger partial charge on any atom is -0.354 e. The molecule has 1 aliphatic rings. The van der Waals surface area contributed by atoms with E-state index in [0.717, 1.165) is 12.8 Å². The fraction of sp³-hybridized carbons (Fsp3) is 0.226. The van der Waals surface area contributed by atoms with Crippen molar-refractivity contribution in [2.75, 3.05) is 0 Å². The second-order valence-corrected chi connectivity index (χ2v) is 9.35. The van der Waals surface area contributed by atoms with Crippen molar-refractivity contribution in [3.8, 4) is 11.1 Å². The number of H-pyrrole nitrogens is 1. The van der Waals surface area contributed by atoms with Gasteiger partial charge in [-0.1, -0.05) is 79.7 Å². The first-order valence-electron chi connectivity index (χ1n) is 11.9. The quantitative estimate of drug-likeness (QED) is 0.298. The van der Waals surface area contributed by atoms with Crippen LogP contribution in [-0.4, -0.2) is 4.98 Å². The third kappa shape index (κ3) is 3.07. The molecule has 1 heterocycles. The Kier molecular flexibility index (Phi) is 4.64. The summed E-state index contributed by atoms with van der Waals surface area (Å²) in [6.45, 7) is 4.58. The van der Waals surface area contributed by atoms with Crippen LogP contribution in [0.15, 0.2) is 78.9 Å². The summed E-state index contributed by atoms with van der Waals surface area (Å²) in [5, 5.41) is 2.61. The van der Waals surface area contributed by atoms with Gasteiger partial charge in [-0.25, -0.2) is 0 Å². The maximum absolute atomic E-state index is 3.74. The van der Waals surface area contributed by atoms with E-state index in [1.165, 1.54) is 62.5 Å². The highest BCUT2D eigenvalue weighted by atomic mass is 14.7. The van der Waals surface area contributed by atoms with E-state index in [4.69, 9.17) is 0 Å². The highest BCUT2D eigenvalue weighted by Crippen LogP contribution is 2.40. The summed E-state index contributed by atoms with van der Waals surface area (Å²) in [6, 6.07) is 29.4. The second kappa shape index (κ2) is 7.67. The smallest absolute Gasteiger partial charge is 0.0547 e. The highest BCUT2D eigenvalue weighted by molar-refractivity contribution is 6.12. The zero-order chi connectivity index (χ0) is 21.7. The van der Waals surface area contributed by atoms with Gasteiger partial charge in [0.15, 0.2) is 0 Å². The summed E-state index contributed by atoms with van der Waals surface area (Å²) in [5.41, 5.74) is 12.6. The van der Waals surface area contributed by atoms with Crippen molar-refractivity contribution in [3.63, 3.8) is 0 Å². The van der Waals surface area contributed by atoms with Crippen molar-refractivity contribution in [2.45, 2.75) is 45.4 Å². The molecule has 158 valence electrons. The average Bonchev–Trinajstić information content (AvgIpc) is 3.17. The van der Waals surface area contributed by atoms with Gasteiger partial charge in [0.2, 0.25) is 0 Å². The van der Waals surface area contributed by atoms with Crippen LogP contribution in [0, 0.1) is 6.92 Å². The van der Waals surface area contributed by atoms with E-state index in [0.29, 0.717) is 5.92 Å². The number of aryl methyl sites for hydroxylation is 3. The third-order valence-electron chi connectivity index (χ3n) is 7.47. The van der Waals surface area contributed by atoms with E-state index in [9.17, 15) is 0 Å². The Morgan fingerprint density at radius 3 is 2.44 bits per heavy atom. The predicted molar refractivity (Wildman–Crippen MR) is 137 cm³/mol. The molecule has 0 bridgehead atoms. The van der Waals surface area contributed by atoms with Crippen molar-refractivity contribution in [2.24, 2.45) is 0 Å². The highest BCUT2D eigenvalue weighted by Gasteiger charge is 2.20.